The Morgan fingerprint density at radius 1 is 1.45 bits per heavy atom. The number of hydrogen-bond acceptors (Lipinski definition) is 5. The summed E-state index contributed by atoms with van der Waals surface area (Å²) in [5.41, 5.74) is 1.23. The van der Waals surface area contributed by atoms with Crippen LogP contribution in [0, 0.1) is 6.92 Å². The van der Waals surface area contributed by atoms with E-state index in [0.717, 1.165) is 50.7 Å². The van der Waals surface area contributed by atoms with Crippen LogP contribution in [0.1, 0.15) is 24.7 Å². The SMILES string of the molecule is CCc1cnc(C)nc1N1CCOC(CCN(C)C)C1. The van der Waals surface area contributed by atoms with Gasteiger partial charge in [0.15, 0.2) is 0 Å². The Hall–Kier alpha value is -1.20. The van der Waals surface area contributed by atoms with Gasteiger partial charge in [-0.2, -0.15) is 0 Å². The maximum Gasteiger partial charge on any atom is 0.135 e. The van der Waals surface area contributed by atoms with Crippen molar-refractivity contribution >= 4 is 5.82 Å². The van der Waals surface area contributed by atoms with Gasteiger partial charge in [0.25, 0.3) is 0 Å². The average Bonchev–Trinajstić information content (AvgIpc) is 2.45. The van der Waals surface area contributed by atoms with E-state index in [-0.39, 0.29) is 0 Å². The summed E-state index contributed by atoms with van der Waals surface area (Å²) in [5, 5.41) is 0. The fourth-order valence-corrected chi connectivity index (χ4v) is 2.49. The lowest BCUT2D eigenvalue weighted by molar-refractivity contribution is 0.0308. The highest BCUT2D eigenvalue weighted by Gasteiger charge is 2.23. The minimum absolute atomic E-state index is 0.297. The maximum absolute atomic E-state index is 5.87. The van der Waals surface area contributed by atoms with Crippen molar-refractivity contribution in [3.05, 3.63) is 17.6 Å². The molecule has 0 saturated carbocycles. The molecule has 1 atom stereocenters. The van der Waals surface area contributed by atoms with Crippen molar-refractivity contribution in [2.24, 2.45) is 0 Å². The molecule has 1 saturated heterocycles. The molecule has 0 N–H and O–H groups in total. The second-order valence-electron chi connectivity index (χ2n) is 5.65. The van der Waals surface area contributed by atoms with Gasteiger partial charge in [0, 0.05) is 31.4 Å². The molecule has 5 heteroatoms. The first-order valence-electron chi connectivity index (χ1n) is 7.44. The highest BCUT2D eigenvalue weighted by Crippen LogP contribution is 2.21. The molecular weight excluding hydrogens is 252 g/mol. The standard InChI is InChI=1S/C15H26N4O/c1-5-13-10-16-12(2)17-15(13)19-8-9-20-14(11-19)6-7-18(3)4/h10,14H,5-9,11H2,1-4H3. The first kappa shape index (κ1) is 15.2. The zero-order valence-electron chi connectivity index (χ0n) is 13.1. The van der Waals surface area contributed by atoms with Crippen LogP contribution in [0.2, 0.25) is 0 Å². The van der Waals surface area contributed by atoms with E-state index in [4.69, 9.17) is 4.74 Å². The first-order valence-corrected chi connectivity index (χ1v) is 7.44. The van der Waals surface area contributed by atoms with Crippen LogP contribution < -0.4 is 4.90 Å². The molecule has 1 aliphatic rings. The van der Waals surface area contributed by atoms with Gasteiger partial charge < -0.3 is 14.5 Å². The molecule has 0 aliphatic carbocycles. The number of nitrogens with zero attached hydrogens (tertiary/aromatic N) is 4. The summed E-state index contributed by atoms with van der Waals surface area (Å²) in [6, 6.07) is 0. The van der Waals surface area contributed by atoms with Crippen LogP contribution in [-0.2, 0) is 11.2 Å². The molecule has 2 heterocycles. The van der Waals surface area contributed by atoms with Crippen LogP contribution in [0.5, 0.6) is 0 Å². The van der Waals surface area contributed by atoms with E-state index in [1.165, 1.54) is 5.56 Å². The number of anilines is 1. The van der Waals surface area contributed by atoms with Gasteiger partial charge >= 0.3 is 0 Å². The third-order valence-corrected chi connectivity index (χ3v) is 3.68. The largest absolute Gasteiger partial charge is 0.374 e. The lowest BCUT2D eigenvalue weighted by Gasteiger charge is -2.35. The zero-order chi connectivity index (χ0) is 14.5. The van der Waals surface area contributed by atoms with Crippen molar-refractivity contribution in [1.82, 2.24) is 14.9 Å². The van der Waals surface area contributed by atoms with E-state index in [0.29, 0.717) is 6.10 Å². The van der Waals surface area contributed by atoms with Crippen LogP contribution in [0.25, 0.3) is 0 Å². The van der Waals surface area contributed by atoms with E-state index >= 15 is 0 Å². The minimum atomic E-state index is 0.297. The van der Waals surface area contributed by atoms with Crippen molar-refractivity contribution < 1.29 is 4.74 Å². The van der Waals surface area contributed by atoms with Crippen LogP contribution in [0.3, 0.4) is 0 Å². The second-order valence-corrected chi connectivity index (χ2v) is 5.65. The van der Waals surface area contributed by atoms with E-state index < -0.39 is 0 Å². The number of hydrogen-bond donors (Lipinski definition) is 0. The first-order chi connectivity index (χ1) is 9.60. The molecule has 1 fully saturated rings. The quantitative estimate of drug-likeness (QED) is 0.816. The van der Waals surface area contributed by atoms with Crippen molar-refractivity contribution in [2.75, 3.05) is 45.2 Å². The number of aryl methyl sites for hydroxylation is 2. The Balaban J connectivity index is 2.06. The van der Waals surface area contributed by atoms with E-state index in [1.54, 1.807) is 0 Å². The summed E-state index contributed by atoms with van der Waals surface area (Å²) in [6.45, 7) is 7.79. The molecule has 0 amide bonds. The Labute approximate surface area is 122 Å². The molecule has 112 valence electrons. The predicted octanol–water partition coefficient (Wildman–Crippen LogP) is 1.50. The Morgan fingerprint density at radius 3 is 2.95 bits per heavy atom. The molecule has 20 heavy (non-hydrogen) atoms. The summed E-state index contributed by atoms with van der Waals surface area (Å²) < 4.78 is 5.87. The predicted molar refractivity (Wildman–Crippen MR) is 81.3 cm³/mol. The fourth-order valence-electron chi connectivity index (χ4n) is 2.49. The van der Waals surface area contributed by atoms with E-state index in [1.807, 2.05) is 13.1 Å². The summed E-state index contributed by atoms with van der Waals surface area (Å²) in [5.74, 6) is 1.94. The monoisotopic (exact) mass is 278 g/mol. The van der Waals surface area contributed by atoms with Gasteiger partial charge in [0.2, 0.25) is 0 Å². The normalized spacial score (nSPS) is 19.6. The highest BCUT2D eigenvalue weighted by molar-refractivity contribution is 5.46. The van der Waals surface area contributed by atoms with Gasteiger partial charge in [-0.1, -0.05) is 6.92 Å². The van der Waals surface area contributed by atoms with Gasteiger partial charge in [0.1, 0.15) is 11.6 Å². The minimum Gasteiger partial charge on any atom is -0.374 e. The van der Waals surface area contributed by atoms with Crippen LogP contribution in [0.4, 0.5) is 5.82 Å². The third kappa shape index (κ3) is 3.90. The molecule has 1 unspecified atom stereocenters. The van der Waals surface area contributed by atoms with E-state index in [2.05, 4.69) is 40.8 Å². The number of aromatic nitrogens is 2. The molecule has 5 nitrogen and oxygen atoms in total. The van der Waals surface area contributed by atoms with Crippen LogP contribution in [0.15, 0.2) is 6.20 Å². The molecule has 1 aromatic rings. The summed E-state index contributed by atoms with van der Waals surface area (Å²) in [4.78, 5) is 13.5. The molecule has 0 radical (unpaired) electrons. The fraction of sp³-hybridized carbons (Fsp3) is 0.733. The number of morpholine rings is 1. The van der Waals surface area contributed by atoms with Crippen LogP contribution in [-0.4, -0.2) is 61.3 Å². The molecule has 1 aromatic heterocycles. The van der Waals surface area contributed by atoms with Gasteiger partial charge in [-0.05, 0) is 33.9 Å². The molecule has 0 bridgehead atoms. The molecule has 1 aliphatic heterocycles. The van der Waals surface area contributed by atoms with Crippen LogP contribution >= 0.6 is 0 Å². The highest BCUT2D eigenvalue weighted by atomic mass is 16.5. The smallest absolute Gasteiger partial charge is 0.135 e. The number of rotatable bonds is 5. The van der Waals surface area contributed by atoms with Gasteiger partial charge in [-0.15, -0.1) is 0 Å². The van der Waals surface area contributed by atoms with E-state index in [9.17, 15) is 0 Å². The van der Waals surface area contributed by atoms with Crippen molar-refractivity contribution in [3.63, 3.8) is 0 Å². The summed E-state index contributed by atoms with van der Waals surface area (Å²) >= 11 is 0. The Bertz CT molecular complexity index is 436. The summed E-state index contributed by atoms with van der Waals surface area (Å²) in [6.07, 6.45) is 4.29. The number of ether oxygens (including phenoxy) is 1. The molecule has 0 spiro atoms. The third-order valence-electron chi connectivity index (χ3n) is 3.68. The maximum atomic E-state index is 5.87. The van der Waals surface area contributed by atoms with Gasteiger partial charge in [0.05, 0.1) is 12.7 Å². The molecule has 0 aromatic carbocycles. The zero-order valence-corrected chi connectivity index (χ0v) is 13.1. The lowest BCUT2D eigenvalue weighted by Crippen LogP contribution is -2.44. The van der Waals surface area contributed by atoms with Crippen molar-refractivity contribution in [3.8, 4) is 0 Å². The second kappa shape index (κ2) is 6.99. The van der Waals surface area contributed by atoms with Crippen molar-refractivity contribution in [2.45, 2.75) is 32.8 Å². The summed E-state index contributed by atoms with van der Waals surface area (Å²) in [7, 11) is 4.20. The molecule has 2 rings (SSSR count). The molecular formula is C15H26N4O. The van der Waals surface area contributed by atoms with Crippen molar-refractivity contribution in [1.29, 1.82) is 0 Å². The topological polar surface area (TPSA) is 41.5 Å². The van der Waals surface area contributed by atoms with Gasteiger partial charge in [-0.3, -0.25) is 0 Å². The lowest BCUT2D eigenvalue weighted by atomic mass is 10.1. The Kier molecular flexibility index (Phi) is 5.31. The van der Waals surface area contributed by atoms with Gasteiger partial charge in [-0.25, -0.2) is 9.97 Å². The Morgan fingerprint density at radius 2 is 2.25 bits per heavy atom. The average molecular weight is 278 g/mol.